The number of rotatable bonds is 9. The third-order valence-corrected chi connectivity index (χ3v) is 5.19. The van der Waals surface area contributed by atoms with Gasteiger partial charge in [-0.25, -0.2) is 4.79 Å². The monoisotopic (exact) mass is 471 g/mol. The van der Waals surface area contributed by atoms with E-state index in [0.717, 1.165) is 10.9 Å². The minimum atomic E-state index is -0.718. The standard InChI is InChI=1S/C23H25N3O8/c1-14(27)24-8-7-15-12-25(19-6-5-17(31-2)10-18(15)19)23(28)34-13-16-9-21(32-3)22(33-4)11-20(16)26(29)30/h5-6,9-12H,7-8,13H2,1-4H3,(H,24,27). The van der Waals surface area contributed by atoms with Crippen molar-refractivity contribution in [2.45, 2.75) is 20.0 Å². The molecule has 0 unspecified atom stereocenters. The van der Waals surface area contributed by atoms with Crippen molar-refractivity contribution in [1.29, 1.82) is 0 Å². The molecule has 0 bridgehead atoms. The number of ether oxygens (including phenoxy) is 4. The van der Waals surface area contributed by atoms with E-state index in [-0.39, 0.29) is 35.3 Å². The number of carbonyl (C=O) groups is 2. The Labute approximate surface area is 195 Å². The van der Waals surface area contributed by atoms with Crippen LogP contribution in [0.1, 0.15) is 18.1 Å². The molecule has 1 N–H and O–H groups in total. The lowest BCUT2D eigenvalue weighted by molar-refractivity contribution is -0.385. The molecule has 0 aliphatic carbocycles. The number of fused-ring (bicyclic) bond motifs is 1. The Balaban J connectivity index is 1.90. The molecule has 0 fully saturated rings. The van der Waals surface area contributed by atoms with Gasteiger partial charge in [-0.3, -0.25) is 19.5 Å². The molecule has 180 valence electrons. The second kappa shape index (κ2) is 10.6. The van der Waals surface area contributed by atoms with Gasteiger partial charge in [0.15, 0.2) is 11.5 Å². The average molecular weight is 471 g/mol. The first-order chi connectivity index (χ1) is 16.3. The van der Waals surface area contributed by atoms with E-state index in [1.54, 1.807) is 31.5 Å². The number of amides is 1. The number of aromatic nitrogens is 1. The van der Waals surface area contributed by atoms with Gasteiger partial charge in [0.1, 0.15) is 12.4 Å². The van der Waals surface area contributed by atoms with Crippen LogP contribution in [0.15, 0.2) is 36.5 Å². The van der Waals surface area contributed by atoms with Crippen molar-refractivity contribution in [3.8, 4) is 17.2 Å². The summed E-state index contributed by atoms with van der Waals surface area (Å²) in [6.07, 6.45) is 1.38. The van der Waals surface area contributed by atoms with Crippen LogP contribution < -0.4 is 19.5 Å². The topological polar surface area (TPSA) is 131 Å². The number of nitrogens with zero attached hydrogens (tertiary/aromatic N) is 2. The van der Waals surface area contributed by atoms with E-state index in [1.807, 2.05) is 0 Å². The van der Waals surface area contributed by atoms with Gasteiger partial charge < -0.3 is 24.3 Å². The number of nitrogens with one attached hydrogen (secondary N) is 1. The van der Waals surface area contributed by atoms with Gasteiger partial charge in [0.2, 0.25) is 5.91 Å². The van der Waals surface area contributed by atoms with Gasteiger partial charge >= 0.3 is 6.09 Å². The Morgan fingerprint density at radius 2 is 1.74 bits per heavy atom. The highest BCUT2D eigenvalue weighted by Crippen LogP contribution is 2.35. The molecule has 0 aliphatic rings. The quantitative estimate of drug-likeness (QED) is 0.371. The maximum absolute atomic E-state index is 13.0. The molecule has 11 heteroatoms. The van der Waals surface area contributed by atoms with Gasteiger partial charge in [-0.1, -0.05) is 0 Å². The number of nitro groups is 1. The average Bonchev–Trinajstić information content (AvgIpc) is 3.19. The smallest absolute Gasteiger partial charge is 0.418 e. The van der Waals surface area contributed by atoms with Crippen LogP contribution in [0.25, 0.3) is 10.9 Å². The molecule has 0 saturated carbocycles. The maximum Gasteiger partial charge on any atom is 0.418 e. The molecule has 34 heavy (non-hydrogen) atoms. The van der Waals surface area contributed by atoms with Crippen molar-refractivity contribution in [2.75, 3.05) is 27.9 Å². The second-order valence-electron chi connectivity index (χ2n) is 7.29. The van der Waals surface area contributed by atoms with Gasteiger partial charge in [-0.2, -0.15) is 0 Å². The molecule has 2 aromatic carbocycles. The summed E-state index contributed by atoms with van der Waals surface area (Å²) in [4.78, 5) is 35.1. The zero-order chi connectivity index (χ0) is 24.8. The first-order valence-corrected chi connectivity index (χ1v) is 10.3. The summed E-state index contributed by atoms with van der Waals surface area (Å²) >= 11 is 0. The Hall–Kier alpha value is -4.28. The molecule has 0 aliphatic heterocycles. The van der Waals surface area contributed by atoms with E-state index in [9.17, 15) is 19.7 Å². The molecule has 1 heterocycles. The third-order valence-electron chi connectivity index (χ3n) is 5.19. The SMILES string of the molecule is COc1ccc2c(c1)c(CCNC(C)=O)cn2C(=O)OCc1cc(OC)c(OC)cc1[N+](=O)[O-]. The van der Waals surface area contributed by atoms with Crippen LogP contribution in [-0.4, -0.2) is 49.4 Å². The largest absolute Gasteiger partial charge is 0.497 e. The van der Waals surface area contributed by atoms with Gasteiger partial charge in [0.25, 0.3) is 5.69 Å². The molecule has 0 spiro atoms. The molecule has 0 radical (unpaired) electrons. The van der Waals surface area contributed by atoms with Crippen molar-refractivity contribution in [3.05, 3.63) is 57.8 Å². The fourth-order valence-corrected chi connectivity index (χ4v) is 3.53. The lowest BCUT2D eigenvalue weighted by Gasteiger charge is -2.11. The highest BCUT2D eigenvalue weighted by atomic mass is 16.6. The molecule has 3 aromatic rings. The summed E-state index contributed by atoms with van der Waals surface area (Å²) < 4.78 is 22.4. The number of methoxy groups -OCH3 is 3. The summed E-state index contributed by atoms with van der Waals surface area (Å²) in [6, 6.07) is 7.85. The number of hydrogen-bond donors (Lipinski definition) is 1. The fourth-order valence-electron chi connectivity index (χ4n) is 3.53. The molecular formula is C23H25N3O8. The van der Waals surface area contributed by atoms with Gasteiger partial charge in [0.05, 0.1) is 43.4 Å². The summed E-state index contributed by atoms with van der Waals surface area (Å²) in [5, 5.41) is 15.0. The molecular weight excluding hydrogens is 446 g/mol. The van der Waals surface area contributed by atoms with E-state index in [0.29, 0.717) is 24.2 Å². The van der Waals surface area contributed by atoms with Gasteiger partial charge in [-0.05, 0) is 36.2 Å². The normalized spacial score (nSPS) is 10.6. The van der Waals surface area contributed by atoms with Crippen LogP contribution in [0.4, 0.5) is 10.5 Å². The highest BCUT2D eigenvalue weighted by molar-refractivity contribution is 5.93. The number of hydrogen-bond acceptors (Lipinski definition) is 8. The maximum atomic E-state index is 13.0. The van der Waals surface area contributed by atoms with Crippen molar-refractivity contribution in [3.63, 3.8) is 0 Å². The Morgan fingerprint density at radius 3 is 2.35 bits per heavy atom. The minimum absolute atomic E-state index is 0.153. The third kappa shape index (κ3) is 5.20. The van der Waals surface area contributed by atoms with E-state index >= 15 is 0 Å². The van der Waals surface area contributed by atoms with E-state index in [2.05, 4.69) is 5.32 Å². The fraction of sp³-hybridized carbons (Fsp3) is 0.304. The minimum Gasteiger partial charge on any atom is -0.497 e. The lowest BCUT2D eigenvalue weighted by Crippen LogP contribution is -2.22. The summed E-state index contributed by atoms with van der Waals surface area (Å²) in [5.74, 6) is 0.925. The van der Waals surface area contributed by atoms with Crippen molar-refractivity contribution in [2.24, 2.45) is 0 Å². The first kappa shape index (κ1) is 24.4. The van der Waals surface area contributed by atoms with E-state index in [1.165, 1.54) is 37.8 Å². The predicted molar refractivity (Wildman–Crippen MR) is 123 cm³/mol. The van der Waals surface area contributed by atoms with Crippen LogP contribution >= 0.6 is 0 Å². The van der Waals surface area contributed by atoms with Crippen LogP contribution in [0.3, 0.4) is 0 Å². The van der Waals surface area contributed by atoms with Crippen LogP contribution in [0, 0.1) is 10.1 Å². The van der Waals surface area contributed by atoms with Gasteiger partial charge in [-0.15, -0.1) is 0 Å². The predicted octanol–water partition coefficient (Wildman–Crippen LogP) is 3.44. The summed E-state index contributed by atoms with van der Waals surface area (Å²) in [5.41, 5.74) is 1.27. The van der Waals surface area contributed by atoms with E-state index < -0.39 is 11.0 Å². The van der Waals surface area contributed by atoms with Crippen LogP contribution in [-0.2, 0) is 22.6 Å². The van der Waals surface area contributed by atoms with Crippen molar-refractivity contribution >= 4 is 28.6 Å². The van der Waals surface area contributed by atoms with Crippen molar-refractivity contribution in [1.82, 2.24) is 9.88 Å². The molecule has 1 aromatic heterocycles. The molecule has 3 rings (SSSR count). The van der Waals surface area contributed by atoms with Crippen LogP contribution in [0.5, 0.6) is 17.2 Å². The zero-order valence-corrected chi connectivity index (χ0v) is 19.2. The van der Waals surface area contributed by atoms with E-state index in [4.69, 9.17) is 18.9 Å². The van der Waals surface area contributed by atoms with Gasteiger partial charge in [0, 0.05) is 25.1 Å². The summed E-state index contributed by atoms with van der Waals surface area (Å²) in [6.45, 7) is 1.46. The molecule has 0 saturated heterocycles. The zero-order valence-electron chi connectivity index (χ0n) is 19.2. The molecule has 1 amide bonds. The molecule has 11 nitrogen and oxygen atoms in total. The Bertz CT molecular complexity index is 1230. The summed E-state index contributed by atoms with van der Waals surface area (Å²) in [7, 11) is 4.32. The lowest BCUT2D eigenvalue weighted by atomic mass is 10.1. The number of benzene rings is 2. The molecule has 0 atom stereocenters. The highest BCUT2D eigenvalue weighted by Gasteiger charge is 2.22. The van der Waals surface area contributed by atoms with Crippen molar-refractivity contribution < 1.29 is 33.5 Å². The Morgan fingerprint density at radius 1 is 1.03 bits per heavy atom. The number of carbonyl (C=O) groups excluding carboxylic acids is 2. The Kier molecular flexibility index (Phi) is 7.57. The number of nitro benzene ring substituents is 1. The second-order valence-corrected chi connectivity index (χ2v) is 7.29. The van der Waals surface area contributed by atoms with Crippen LogP contribution in [0.2, 0.25) is 0 Å². The first-order valence-electron chi connectivity index (χ1n) is 10.3.